The van der Waals surface area contributed by atoms with Gasteiger partial charge in [-0.15, -0.1) is 0 Å². The van der Waals surface area contributed by atoms with E-state index >= 15 is 0 Å². The highest BCUT2D eigenvalue weighted by Gasteiger charge is 2.42. The van der Waals surface area contributed by atoms with E-state index in [9.17, 15) is 9.59 Å². The molecule has 0 spiro atoms. The second-order valence-electron chi connectivity index (χ2n) is 8.62. The van der Waals surface area contributed by atoms with Crippen LogP contribution in [0.3, 0.4) is 0 Å². The monoisotopic (exact) mass is 510 g/mol. The Labute approximate surface area is 201 Å². The molecule has 1 unspecified atom stereocenters. The van der Waals surface area contributed by atoms with Crippen molar-refractivity contribution in [1.82, 2.24) is 9.80 Å². The maximum absolute atomic E-state index is 13.6. The van der Waals surface area contributed by atoms with Gasteiger partial charge in [0.1, 0.15) is 5.58 Å². The molecule has 2 aromatic carbocycles. The number of hydrogen-bond donors (Lipinski definition) is 0. The van der Waals surface area contributed by atoms with Gasteiger partial charge in [0.15, 0.2) is 5.43 Å². The fourth-order valence-electron chi connectivity index (χ4n) is 4.79. The van der Waals surface area contributed by atoms with Gasteiger partial charge in [0.2, 0.25) is 5.76 Å². The van der Waals surface area contributed by atoms with Crippen LogP contribution in [0, 0.1) is 0 Å². The molecule has 1 fully saturated rings. The molecule has 1 amide bonds. The molecule has 2 aliphatic heterocycles. The van der Waals surface area contributed by atoms with E-state index in [0.717, 1.165) is 55.7 Å². The summed E-state index contributed by atoms with van der Waals surface area (Å²) in [6.07, 6.45) is 1.76. The van der Waals surface area contributed by atoms with Crippen LogP contribution in [0.25, 0.3) is 11.0 Å². The van der Waals surface area contributed by atoms with E-state index in [2.05, 4.69) is 39.9 Å². The summed E-state index contributed by atoms with van der Waals surface area (Å²) in [5.74, 6) is -0.0378. The third-order valence-electron chi connectivity index (χ3n) is 6.61. The van der Waals surface area contributed by atoms with Crippen LogP contribution in [0.15, 0.2) is 56.1 Å². The molecule has 5 rings (SSSR count). The van der Waals surface area contributed by atoms with Gasteiger partial charge in [0.25, 0.3) is 5.91 Å². The smallest absolute Gasteiger partial charge is 0.290 e. The first-order valence-electron chi connectivity index (χ1n) is 11.5. The van der Waals surface area contributed by atoms with Gasteiger partial charge >= 0.3 is 0 Å². The Balaban J connectivity index is 1.53. The number of amides is 1. The highest BCUT2D eigenvalue weighted by atomic mass is 79.9. The molecule has 0 N–H and O–H groups in total. The number of fused-ring (bicyclic) bond motifs is 2. The zero-order chi connectivity index (χ0) is 22.9. The average Bonchev–Trinajstić information content (AvgIpc) is 3.12. The lowest BCUT2D eigenvalue weighted by atomic mass is 9.97. The number of rotatable bonds is 6. The van der Waals surface area contributed by atoms with Crippen molar-refractivity contribution >= 4 is 32.8 Å². The number of morpholine rings is 1. The SMILES string of the molecule is CCc1ccc(C2c3c(oc4ccc(Br)cc4c3=O)C(=O)N2CCCN2CCOCC2)cc1. The second kappa shape index (κ2) is 9.41. The maximum atomic E-state index is 13.6. The number of nitrogens with zero attached hydrogens (tertiary/aromatic N) is 2. The van der Waals surface area contributed by atoms with E-state index in [4.69, 9.17) is 9.15 Å². The molecule has 3 aromatic rings. The first kappa shape index (κ1) is 22.3. The summed E-state index contributed by atoms with van der Waals surface area (Å²) in [6.45, 7) is 6.89. The Morgan fingerprint density at radius 1 is 1.03 bits per heavy atom. The fraction of sp³-hybridized carbons (Fsp3) is 0.385. The van der Waals surface area contributed by atoms with Crippen LogP contribution in [-0.4, -0.2) is 55.1 Å². The summed E-state index contributed by atoms with van der Waals surface area (Å²) < 4.78 is 12.3. The average molecular weight is 511 g/mol. The van der Waals surface area contributed by atoms with Gasteiger partial charge in [-0.05, 0) is 42.2 Å². The van der Waals surface area contributed by atoms with E-state index in [-0.39, 0.29) is 17.1 Å². The van der Waals surface area contributed by atoms with Gasteiger partial charge in [-0.25, -0.2) is 0 Å². The van der Waals surface area contributed by atoms with Crippen molar-refractivity contribution < 1.29 is 13.9 Å². The van der Waals surface area contributed by atoms with Gasteiger partial charge in [-0.1, -0.05) is 47.1 Å². The minimum Gasteiger partial charge on any atom is -0.450 e. The predicted molar refractivity (Wildman–Crippen MR) is 131 cm³/mol. The van der Waals surface area contributed by atoms with E-state index in [1.54, 1.807) is 12.1 Å². The number of carbonyl (C=O) groups is 1. The Hall–Kier alpha value is -2.48. The summed E-state index contributed by atoms with van der Waals surface area (Å²) in [7, 11) is 0. The lowest BCUT2D eigenvalue weighted by Crippen LogP contribution is -2.38. The highest BCUT2D eigenvalue weighted by Crippen LogP contribution is 2.38. The van der Waals surface area contributed by atoms with Crippen LogP contribution in [-0.2, 0) is 11.2 Å². The summed E-state index contributed by atoms with van der Waals surface area (Å²) in [5, 5.41) is 0.487. The minimum atomic E-state index is -0.442. The standard InChI is InChI=1S/C26H27BrN2O4/c1-2-17-4-6-18(7-5-17)23-22-24(30)20-16-19(27)8-9-21(20)33-25(22)26(31)29(23)11-3-10-28-12-14-32-15-13-28/h4-9,16,23H,2-3,10-15H2,1H3. The van der Waals surface area contributed by atoms with E-state index in [0.29, 0.717) is 23.1 Å². The van der Waals surface area contributed by atoms with Crippen LogP contribution in [0.5, 0.6) is 0 Å². The predicted octanol–water partition coefficient (Wildman–Crippen LogP) is 4.39. The van der Waals surface area contributed by atoms with E-state index < -0.39 is 6.04 Å². The van der Waals surface area contributed by atoms with E-state index in [1.807, 2.05) is 23.1 Å². The molecule has 33 heavy (non-hydrogen) atoms. The van der Waals surface area contributed by atoms with Crippen molar-refractivity contribution in [2.24, 2.45) is 0 Å². The molecule has 7 heteroatoms. The third-order valence-corrected chi connectivity index (χ3v) is 7.10. The molecule has 1 atom stereocenters. The molecule has 0 aliphatic carbocycles. The van der Waals surface area contributed by atoms with Crippen molar-refractivity contribution in [3.05, 3.63) is 79.6 Å². The van der Waals surface area contributed by atoms with Gasteiger partial charge in [0.05, 0.1) is 30.2 Å². The molecule has 6 nitrogen and oxygen atoms in total. The molecule has 0 radical (unpaired) electrons. The number of benzene rings is 2. The summed E-state index contributed by atoms with van der Waals surface area (Å²) in [6, 6.07) is 13.1. The Bertz CT molecular complexity index is 1230. The quantitative estimate of drug-likeness (QED) is 0.492. The summed E-state index contributed by atoms with van der Waals surface area (Å²) >= 11 is 3.45. The van der Waals surface area contributed by atoms with Crippen LogP contribution in [0.4, 0.5) is 0 Å². The number of hydrogen-bond acceptors (Lipinski definition) is 5. The highest BCUT2D eigenvalue weighted by molar-refractivity contribution is 9.10. The topological polar surface area (TPSA) is 63.0 Å². The molecule has 0 saturated carbocycles. The molecule has 3 heterocycles. The zero-order valence-corrected chi connectivity index (χ0v) is 20.3. The first-order valence-corrected chi connectivity index (χ1v) is 12.3. The summed E-state index contributed by atoms with van der Waals surface area (Å²) in [5.41, 5.74) is 2.90. The largest absolute Gasteiger partial charge is 0.450 e. The lowest BCUT2D eigenvalue weighted by molar-refractivity contribution is 0.0353. The number of aryl methyl sites for hydroxylation is 1. The molecule has 1 aromatic heterocycles. The van der Waals surface area contributed by atoms with Gasteiger partial charge < -0.3 is 14.1 Å². The lowest BCUT2D eigenvalue weighted by Gasteiger charge is -2.29. The Kier molecular flexibility index (Phi) is 6.36. The normalized spacial score (nSPS) is 18.8. The van der Waals surface area contributed by atoms with Gasteiger partial charge in [0, 0.05) is 30.7 Å². The van der Waals surface area contributed by atoms with Crippen LogP contribution in [0.1, 0.15) is 46.6 Å². The van der Waals surface area contributed by atoms with Crippen molar-refractivity contribution in [3.63, 3.8) is 0 Å². The van der Waals surface area contributed by atoms with Gasteiger partial charge in [-0.2, -0.15) is 0 Å². The van der Waals surface area contributed by atoms with Crippen molar-refractivity contribution in [2.75, 3.05) is 39.4 Å². The Morgan fingerprint density at radius 3 is 2.52 bits per heavy atom. The van der Waals surface area contributed by atoms with Crippen molar-refractivity contribution in [3.8, 4) is 0 Å². The maximum Gasteiger partial charge on any atom is 0.290 e. The zero-order valence-electron chi connectivity index (χ0n) is 18.7. The minimum absolute atomic E-state index is 0.138. The molecule has 172 valence electrons. The molecule has 1 saturated heterocycles. The van der Waals surface area contributed by atoms with Crippen molar-refractivity contribution in [2.45, 2.75) is 25.8 Å². The van der Waals surface area contributed by atoms with Gasteiger partial charge in [-0.3, -0.25) is 14.5 Å². The van der Waals surface area contributed by atoms with E-state index in [1.165, 1.54) is 5.56 Å². The van der Waals surface area contributed by atoms with Crippen LogP contribution < -0.4 is 5.43 Å². The number of ether oxygens (including phenoxy) is 1. The van der Waals surface area contributed by atoms with Crippen LogP contribution in [0.2, 0.25) is 0 Å². The first-order chi connectivity index (χ1) is 16.1. The molecule has 0 bridgehead atoms. The van der Waals surface area contributed by atoms with Crippen LogP contribution >= 0.6 is 15.9 Å². The number of carbonyl (C=O) groups excluding carboxylic acids is 1. The molecular weight excluding hydrogens is 484 g/mol. The summed E-state index contributed by atoms with van der Waals surface area (Å²) in [4.78, 5) is 31.3. The fourth-order valence-corrected chi connectivity index (χ4v) is 5.16. The Morgan fingerprint density at radius 2 is 1.79 bits per heavy atom. The molecular formula is C26H27BrN2O4. The van der Waals surface area contributed by atoms with Crippen molar-refractivity contribution in [1.29, 1.82) is 0 Å². The molecule has 2 aliphatic rings. The second-order valence-corrected chi connectivity index (χ2v) is 9.53. The number of halogens is 1. The third kappa shape index (κ3) is 4.25.